The van der Waals surface area contributed by atoms with Gasteiger partial charge >= 0.3 is 169 Å². The van der Waals surface area contributed by atoms with Gasteiger partial charge in [0.15, 0.2) is 0 Å². The first-order valence-corrected chi connectivity index (χ1v) is 23.8. The molecule has 0 fully saturated rings. The van der Waals surface area contributed by atoms with E-state index in [0.29, 0.717) is 0 Å². The maximum atomic E-state index is 3.51. The Hall–Kier alpha value is -0.724. The van der Waals surface area contributed by atoms with Crippen molar-refractivity contribution in [3.05, 3.63) is 57.2 Å². The molecule has 0 aliphatic carbocycles. The molecule has 0 saturated carbocycles. The number of unbranched alkanes of at least 4 members (excludes halogenated alkanes) is 2. The second-order valence-corrected chi connectivity index (χ2v) is 29.6. The van der Waals surface area contributed by atoms with E-state index in [-0.39, 0.29) is 0 Å². The minimum absolute atomic E-state index is 1.11. The van der Waals surface area contributed by atoms with Gasteiger partial charge in [0.25, 0.3) is 0 Å². The van der Waals surface area contributed by atoms with E-state index >= 15 is 0 Å². The second-order valence-electron chi connectivity index (χ2n) is 9.41. The minimum atomic E-state index is -2.03. The molecule has 0 aliphatic rings. The van der Waals surface area contributed by atoms with E-state index in [2.05, 4.69) is 89.6 Å². The average molecular weight is 473 g/mol. The van der Waals surface area contributed by atoms with E-state index in [1.807, 2.05) is 6.07 Å². The summed E-state index contributed by atoms with van der Waals surface area (Å²) in [4.78, 5) is 7.61. The van der Waals surface area contributed by atoms with Crippen molar-refractivity contribution in [2.45, 2.75) is 73.1 Å². The van der Waals surface area contributed by atoms with Crippen LogP contribution in [0.2, 0.25) is 40.5 Å². The molecule has 142 valence electrons. The number of rotatable bonds is 8. The molecule has 0 saturated heterocycles. The third-order valence-electron chi connectivity index (χ3n) is 4.34. The van der Waals surface area contributed by atoms with Crippen LogP contribution in [0.3, 0.4) is 0 Å². The number of benzene rings is 1. The SMILES string of the molecule is CCCC/C=[C](\C/C=C(\C#Cc1ccccc1)C[Si](C)(C)C)[Sn]([CH3])([CH3])[CH3]. The molecule has 2 heteroatoms. The van der Waals surface area contributed by atoms with Gasteiger partial charge in [-0.3, -0.25) is 0 Å². The predicted molar refractivity (Wildman–Crippen MR) is 125 cm³/mol. The summed E-state index contributed by atoms with van der Waals surface area (Å²) < 4.78 is 1.75. The first-order valence-electron chi connectivity index (χ1n) is 10.1. The molecule has 26 heavy (non-hydrogen) atoms. The third kappa shape index (κ3) is 10.4. The number of allylic oxidation sites excluding steroid dienone is 4. The Morgan fingerprint density at radius 3 is 2.23 bits per heavy atom. The van der Waals surface area contributed by atoms with Crippen molar-refractivity contribution in [2.24, 2.45) is 0 Å². The van der Waals surface area contributed by atoms with Crippen LogP contribution in [0, 0.1) is 11.8 Å². The van der Waals surface area contributed by atoms with Gasteiger partial charge in [-0.15, -0.1) is 0 Å². The Kier molecular flexibility index (Phi) is 10.0. The van der Waals surface area contributed by atoms with Crippen LogP contribution in [0.4, 0.5) is 0 Å². The topological polar surface area (TPSA) is 0 Å². The van der Waals surface area contributed by atoms with Crippen LogP contribution in [0.15, 0.2) is 51.6 Å². The van der Waals surface area contributed by atoms with Crippen LogP contribution in [0.25, 0.3) is 0 Å². The quantitative estimate of drug-likeness (QED) is 0.206. The summed E-state index contributed by atoms with van der Waals surface area (Å²) >= 11 is -2.03. The van der Waals surface area contributed by atoms with Crippen LogP contribution < -0.4 is 0 Å². The van der Waals surface area contributed by atoms with Crippen molar-refractivity contribution in [1.82, 2.24) is 0 Å². The second kappa shape index (κ2) is 11.2. The van der Waals surface area contributed by atoms with Crippen LogP contribution in [-0.2, 0) is 0 Å². The van der Waals surface area contributed by atoms with E-state index in [0.717, 1.165) is 12.0 Å². The molecule has 1 rings (SSSR count). The van der Waals surface area contributed by atoms with Crippen LogP contribution >= 0.6 is 0 Å². The fourth-order valence-corrected chi connectivity index (χ4v) is 8.40. The Balaban J connectivity index is 3.04. The molecule has 0 amide bonds. The molecule has 1 aromatic carbocycles. The molecule has 0 unspecified atom stereocenters. The Labute approximate surface area is 168 Å². The Morgan fingerprint density at radius 2 is 1.69 bits per heavy atom. The van der Waals surface area contributed by atoms with Crippen molar-refractivity contribution < 1.29 is 0 Å². The van der Waals surface area contributed by atoms with Crippen molar-refractivity contribution >= 4 is 26.5 Å². The van der Waals surface area contributed by atoms with Crippen molar-refractivity contribution in [3.63, 3.8) is 0 Å². The van der Waals surface area contributed by atoms with Gasteiger partial charge in [0, 0.05) is 0 Å². The van der Waals surface area contributed by atoms with Crippen molar-refractivity contribution in [3.8, 4) is 11.8 Å². The van der Waals surface area contributed by atoms with Crippen LogP contribution in [0.1, 0.15) is 38.2 Å². The number of hydrogen-bond acceptors (Lipinski definition) is 0. The van der Waals surface area contributed by atoms with Crippen molar-refractivity contribution in [1.29, 1.82) is 0 Å². The van der Waals surface area contributed by atoms with E-state index in [1.165, 1.54) is 30.9 Å². The van der Waals surface area contributed by atoms with Gasteiger partial charge in [-0.1, -0.05) is 0 Å². The Morgan fingerprint density at radius 1 is 1.04 bits per heavy atom. The van der Waals surface area contributed by atoms with E-state index in [9.17, 15) is 0 Å². The van der Waals surface area contributed by atoms with Gasteiger partial charge in [0.05, 0.1) is 0 Å². The summed E-state index contributed by atoms with van der Waals surface area (Å²) in [6.07, 6.45) is 9.97. The molecule has 1 aromatic rings. The zero-order valence-electron chi connectivity index (χ0n) is 18.1. The molecular formula is C24H38SiSn. The fourth-order valence-electron chi connectivity index (χ4n) is 2.82. The molecule has 0 heterocycles. The standard InChI is InChI=1S/C21H29Si.3CH3.Sn/c1-5-6-7-8-9-11-16-21(19-22(2,3)4)18-17-20-14-12-10-13-15-20;;;;/h8,10,12-16H,5-7,11,19H2,1-4H3;3*1H3;/b9-8?,21-16+;;;;. The maximum absolute atomic E-state index is 3.51. The van der Waals surface area contributed by atoms with Gasteiger partial charge < -0.3 is 0 Å². The molecule has 0 aromatic heterocycles. The van der Waals surface area contributed by atoms with Gasteiger partial charge in [0.2, 0.25) is 0 Å². The summed E-state index contributed by atoms with van der Waals surface area (Å²) in [5.41, 5.74) is 2.47. The Bertz CT molecular complexity index is 658. The normalized spacial score (nSPS) is 13.3. The molecule has 0 bridgehead atoms. The molecular weight excluding hydrogens is 435 g/mol. The average Bonchev–Trinajstić information content (AvgIpc) is 2.54. The monoisotopic (exact) mass is 474 g/mol. The summed E-state index contributed by atoms with van der Waals surface area (Å²) in [7, 11) is -1.18. The summed E-state index contributed by atoms with van der Waals surface area (Å²) in [6, 6.07) is 11.5. The third-order valence-corrected chi connectivity index (χ3v) is 12.4. The molecule has 0 aliphatic heterocycles. The van der Waals surface area contributed by atoms with Crippen LogP contribution in [-0.4, -0.2) is 26.5 Å². The zero-order valence-corrected chi connectivity index (χ0v) is 21.9. The van der Waals surface area contributed by atoms with E-state index < -0.39 is 26.5 Å². The molecule has 0 N–H and O–H groups in total. The first-order chi connectivity index (χ1) is 12.1. The van der Waals surface area contributed by atoms with Gasteiger partial charge in [-0.2, -0.15) is 0 Å². The van der Waals surface area contributed by atoms with Crippen LogP contribution in [0.5, 0.6) is 0 Å². The van der Waals surface area contributed by atoms with E-state index in [4.69, 9.17) is 0 Å². The predicted octanol–water partition coefficient (Wildman–Crippen LogP) is 7.69. The van der Waals surface area contributed by atoms with Crippen molar-refractivity contribution in [2.75, 3.05) is 0 Å². The zero-order chi connectivity index (χ0) is 19.6. The van der Waals surface area contributed by atoms with Gasteiger partial charge in [0.1, 0.15) is 0 Å². The molecule has 0 atom stereocenters. The fraction of sp³-hybridized carbons (Fsp3) is 0.500. The summed E-state index contributed by atoms with van der Waals surface area (Å²) in [6.45, 7) is 9.59. The number of hydrogen-bond donors (Lipinski definition) is 0. The van der Waals surface area contributed by atoms with Gasteiger partial charge in [-0.05, 0) is 0 Å². The van der Waals surface area contributed by atoms with Gasteiger partial charge in [-0.25, -0.2) is 0 Å². The first kappa shape index (κ1) is 23.3. The summed E-state index contributed by atoms with van der Waals surface area (Å²) in [5.74, 6) is 6.89. The molecule has 0 spiro atoms. The molecule has 0 radical (unpaired) electrons. The summed E-state index contributed by atoms with van der Waals surface area (Å²) in [5, 5.41) is 0. The molecule has 0 nitrogen and oxygen atoms in total. The van der Waals surface area contributed by atoms with E-state index in [1.54, 1.807) is 3.59 Å².